The van der Waals surface area contributed by atoms with E-state index in [1.54, 1.807) is 0 Å². The van der Waals surface area contributed by atoms with Gasteiger partial charge in [-0.15, -0.1) is 0 Å². The summed E-state index contributed by atoms with van der Waals surface area (Å²) in [4.78, 5) is 0. The third-order valence-electron chi connectivity index (χ3n) is 3.48. The Morgan fingerprint density at radius 2 is 1.04 bits per heavy atom. The number of rotatable bonds is 3. The van der Waals surface area contributed by atoms with Crippen molar-refractivity contribution in [1.29, 1.82) is 0 Å². The van der Waals surface area contributed by atoms with Crippen LogP contribution >= 0.6 is 31.9 Å². The van der Waals surface area contributed by atoms with Gasteiger partial charge < -0.3 is 10.2 Å². The maximum Gasteiger partial charge on any atom is 0.457 e. The highest BCUT2D eigenvalue weighted by Crippen LogP contribution is 2.55. The summed E-state index contributed by atoms with van der Waals surface area (Å²) >= 11 is 5.52. The van der Waals surface area contributed by atoms with E-state index >= 15 is 4.39 Å². The third kappa shape index (κ3) is 3.21. The van der Waals surface area contributed by atoms with Crippen molar-refractivity contribution >= 4 is 31.9 Å². The lowest BCUT2D eigenvalue weighted by Crippen LogP contribution is -2.53. The van der Waals surface area contributed by atoms with Crippen molar-refractivity contribution in [3.8, 4) is 11.5 Å². The van der Waals surface area contributed by atoms with E-state index in [0.717, 1.165) is 12.1 Å². The minimum atomic E-state index is -6.20. The summed E-state index contributed by atoms with van der Waals surface area (Å²) < 4.78 is 82.1. The fraction of sp³-hybridized carbons (Fsp3) is 0.200. The topological polar surface area (TPSA) is 40.5 Å². The van der Waals surface area contributed by atoms with Crippen LogP contribution in [0.3, 0.4) is 0 Å². The maximum absolute atomic E-state index is 15.5. The van der Waals surface area contributed by atoms with E-state index in [1.807, 2.05) is 0 Å². The first-order chi connectivity index (χ1) is 11.3. The number of aromatic hydroxyl groups is 2. The van der Waals surface area contributed by atoms with Gasteiger partial charge in [-0.25, -0.2) is 4.39 Å². The number of benzene rings is 2. The van der Waals surface area contributed by atoms with E-state index < -0.39 is 40.4 Å². The molecule has 0 bridgehead atoms. The molecule has 2 N–H and O–H groups in total. The summed E-state index contributed by atoms with van der Waals surface area (Å²) in [5.74, 6) is -6.73. The van der Waals surface area contributed by atoms with E-state index in [1.165, 1.54) is 0 Å². The highest BCUT2D eigenvalue weighted by atomic mass is 79.9. The van der Waals surface area contributed by atoms with Crippen LogP contribution in [0.4, 0.5) is 26.3 Å². The summed E-state index contributed by atoms with van der Waals surface area (Å²) in [5.41, 5.74) is -6.37. The summed E-state index contributed by atoms with van der Waals surface area (Å²) in [6, 6.07) is 4.10. The fourth-order valence-electron chi connectivity index (χ4n) is 2.17. The van der Waals surface area contributed by atoms with Crippen LogP contribution in [-0.4, -0.2) is 22.3 Å². The number of halogens is 8. The molecule has 0 unspecified atom stereocenters. The monoisotopic (exact) mass is 492 g/mol. The Morgan fingerprint density at radius 1 is 0.680 bits per heavy atom. The van der Waals surface area contributed by atoms with Gasteiger partial charge in [0.15, 0.2) is 0 Å². The summed E-state index contributed by atoms with van der Waals surface area (Å²) in [7, 11) is 0. The molecule has 2 rings (SSSR count). The molecule has 2 aromatic rings. The Labute approximate surface area is 154 Å². The fourth-order valence-corrected chi connectivity index (χ4v) is 2.92. The van der Waals surface area contributed by atoms with Crippen LogP contribution in [0.2, 0.25) is 0 Å². The summed E-state index contributed by atoms with van der Waals surface area (Å²) in [5, 5.41) is 18.8. The first-order valence-electron chi connectivity index (χ1n) is 6.44. The van der Waals surface area contributed by atoms with Crippen molar-refractivity contribution in [2.45, 2.75) is 17.8 Å². The Morgan fingerprint density at radius 3 is 1.32 bits per heavy atom. The molecule has 0 aliphatic heterocycles. The highest BCUT2D eigenvalue weighted by Gasteiger charge is 2.72. The van der Waals surface area contributed by atoms with Gasteiger partial charge in [-0.1, -0.05) is 12.1 Å². The molecule has 0 spiro atoms. The van der Waals surface area contributed by atoms with E-state index in [-0.39, 0.29) is 8.95 Å². The van der Waals surface area contributed by atoms with Gasteiger partial charge in [-0.05, 0) is 56.1 Å². The Hall–Kier alpha value is -1.42. The van der Waals surface area contributed by atoms with E-state index in [9.17, 15) is 32.2 Å². The summed E-state index contributed by atoms with van der Waals surface area (Å²) in [6.45, 7) is 0. The zero-order valence-electron chi connectivity index (χ0n) is 11.9. The molecule has 0 saturated heterocycles. The van der Waals surface area contributed by atoms with Crippen molar-refractivity contribution in [1.82, 2.24) is 0 Å². The molecule has 0 heterocycles. The van der Waals surface area contributed by atoms with Gasteiger partial charge in [0, 0.05) is 11.1 Å². The number of hydrogen-bond acceptors (Lipinski definition) is 2. The average Bonchev–Trinajstić information content (AvgIpc) is 2.50. The molecule has 2 nitrogen and oxygen atoms in total. The number of phenolic OH excluding ortho intramolecular Hbond substituents is 2. The third-order valence-corrected chi connectivity index (χ3v) is 4.75. The van der Waals surface area contributed by atoms with Gasteiger partial charge in [0.25, 0.3) is 0 Å². The second-order valence-corrected chi connectivity index (χ2v) is 6.77. The lowest BCUT2D eigenvalue weighted by Gasteiger charge is -2.35. The molecule has 0 radical (unpaired) electrons. The zero-order valence-corrected chi connectivity index (χ0v) is 15.1. The lowest BCUT2D eigenvalue weighted by atomic mass is 9.82. The molecular weight excluding hydrogens is 486 g/mol. The standard InChI is InChI=1S/C15H8Br2F6O2/c16-9-5-7(1-3-11(9)24)13(18,14(19,20)15(21,22)23)8-2-4-12(25)10(17)6-8/h1-6,24-25H. The molecular formula is C15H8Br2F6O2. The van der Waals surface area contributed by atoms with E-state index in [2.05, 4.69) is 31.9 Å². The lowest BCUT2D eigenvalue weighted by molar-refractivity contribution is -0.323. The minimum absolute atomic E-state index is 0.261. The normalized spacial score (nSPS) is 13.1. The highest BCUT2D eigenvalue weighted by molar-refractivity contribution is 9.10. The Balaban J connectivity index is 2.83. The smallest absolute Gasteiger partial charge is 0.457 e. The Kier molecular flexibility index (Phi) is 5.08. The largest absolute Gasteiger partial charge is 0.507 e. The first-order valence-corrected chi connectivity index (χ1v) is 8.02. The van der Waals surface area contributed by atoms with Crippen LogP contribution < -0.4 is 0 Å². The predicted octanol–water partition coefficient (Wildman–Crippen LogP) is 6.03. The second kappa shape index (κ2) is 6.39. The SMILES string of the molecule is Oc1ccc(C(F)(c2ccc(O)c(Br)c2)C(F)(F)C(F)(F)F)cc1Br. The van der Waals surface area contributed by atoms with Crippen LogP contribution in [0.1, 0.15) is 11.1 Å². The molecule has 10 heteroatoms. The quantitative estimate of drug-likeness (QED) is 0.512. The minimum Gasteiger partial charge on any atom is -0.507 e. The molecule has 0 aliphatic rings. The molecule has 25 heavy (non-hydrogen) atoms. The van der Waals surface area contributed by atoms with Gasteiger partial charge >= 0.3 is 12.1 Å². The van der Waals surface area contributed by atoms with Crippen LogP contribution in [0.25, 0.3) is 0 Å². The first kappa shape index (κ1) is 19.9. The van der Waals surface area contributed by atoms with Crippen molar-refractivity contribution in [2.75, 3.05) is 0 Å². The van der Waals surface area contributed by atoms with Crippen LogP contribution in [0, 0.1) is 0 Å². The van der Waals surface area contributed by atoms with E-state index in [4.69, 9.17) is 0 Å². The van der Waals surface area contributed by atoms with Crippen LogP contribution in [0.15, 0.2) is 45.3 Å². The number of phenols is 2. The molecule has 2 aromatic carbocycles. The maximum atomic E-state index is 15.5. The zero-order chi connectivity index (χ0) is 19.2. The summed E-state index contributed by atoms with van der Waals surface area (Å²) in [6.07, 6.45) is -6.20. The van der Waals surface area contributed by atoms with Crippen molar-refractivity contribution < 1.29 is 36.6 Å². The van der Waals surface area contributed by atoms with Crippen LogP contribution in [0.5, 0.6) is 11.5 Å². The predicted molar refractivity (Wildman–Crippen MR) is 84.5 cm³/mol. The molecule has 0 atom stereocenters. The van der Waals surface area contributed by atoms with E-state index in [0.29, 0.717) is 24.3 Å². The van der Waals surface area contributed by atoms with Crippen molar-refractivity contribution in [3.05, 3.63) is 56.5 Å². The molecule has 0 saturated carbocycles. The molecule has 0 aromatic heterocycles. The average molecular weight is 494 g/mol. The van der Waals surface area contributed by atoms with Gasteiger partial charge in [0.1, 0.15) is 11.5 Å². The number of hydrogen-bond donors (Lipinski definition) is 2. The second-order valence-electron chi connectivity index (χ2n) is 5.06. The van der Waals surface area contributed by atoms with Gasteiger partial charge in [0.2, 0.25) is 5.67 Å². The Bertz CT molecular complexity index is 756. The molecule has 0 amide bonds. The van der Waals surface area contributed by atoms with Crippen molar-refractivity contribution in [3.63, 3.8) is 0 Å². The molecule has 0 aliphatic carbocycles. The van der Waals surface area contributed by atoms with Gasteiger partial charge in [-0.3, -0.25) is 0 Å². The molecule has 0 fully saturated rings. The number of alkyl halides is 6. The van der Waals surface area contributed by atoms with Crippen molar-refractivity contribution in [2.24, 2.45) is 0 Å². The van der Waals surface area contributed by atoms with Gasteiger partial charge in [0.05, 0.1) is 8.95 Å². The van der Waals surface area contributed by atoms with Crippen LogP contribution in [-0.2, 0) is 5.67 Å². The van der Waals surface area contributed by atoms with Gasteiger partial charge in [-0.2, -0.15) is 22.0 Å². The molecule has 136 valence electrons.